The fourth-order valence-corrected chi connectivity index (χ4v) is 1.82. The van der Waals surface area contributed by atoms with Gasteiger partial charge in [-0.3, -0.25) is 4.79 Å². The molecule has 5 nitrogen and oxygen atoms in total. The zero-order valence-electron chi connectivity index (χ0n) is 12.4. The topological polar surface area (TPSA) is 64.6 Å². The molecule has 1 amide bonds. The van der Waals surface area contributed by atoms with E-state index >= 15 is 0 Å². The van der Waals surface area contributed by atoms with Crippen molar-refractivity contribution in [3.8, 4) is 5.75 Å². The summed E-state index contributed by atoms with van der Waals surface area (Å²) in [4.78, 5) is 23.3. The average Bonchev–Trinajstić information content (AvgIpc) is 2.54. The molecule has 0 unspecified atom stereocenters. The Kier molecular flexibility index (Phi) is 5.08. The molecule has 0 heterocycles. The second-order valence-corrected chi connectivity index (χ2v) is 4.60. The van der Waals surface area contributed by atoms with Crippen molar-refractivity contribution in [2.75, 3.05) is 12.4 Å². The number of halogens is 3. The van der Waals surface area contributed by atoms with Crippen LogP contribution >= 0.6 is 0 Å². The van der Waals surface area contributed by atoms with Crippen molar-refractivity contribution >= 4 is 17.6 Å². The lowest BCUT2D eigenvalue weighted by Gasteiger charge is -2.10. The van der Waals surface area contributed by atoms with Crippen molar-refractivity contribution in [2.24, 2.45) is 0 Å². The monoisotopic (exact) mass is 339 g/mol. The molecule has 126 valence electrons. The highest BCUT2D eigenvalue weighted by atomic mass is 19.4. The lowest BCUT2D eigenvalue weighted by atomic mass is 10.1. The Morgan fingerprint density at radius 2 is 1.46 bits per heavy atom. The molecular formula is C16H12F3NO4. The molecule has 0 aliphatic carbocycles. The highest BCUT2D eigenvalue weighted by Crippen LogP contribution is 2.24. The molecule has 0 saturated heterocycles. The van der Waals surface area contributed by atoms with E-state index in [0.29, 0.717) is 11.3 Å². The standard InChI is InChI=1S/C16H12F3NO4/c1-23-15(22)11-4-2-10(3-5-11)14(21)20-12-6-8-13(9-7-12)24-16(17,18)19/h2-9H,1H3,(H,20,21). The number of carbonyl (C=O) groups excluding carboxylic acids is 2. The van der Waals surface area contributed by atoms with Crippen LogP contribution in [0.5, 0.6) is 5.75 Å². The number of nitrogens with one attached hydrogen (secondary N) is 1. The zero-order valence-corrected chi connectivity index (χ0v) is 12.4. The first-order valence-corrected chi connectivity index (χ1v) is 6.64. The van der Waals surface area contributed by atoms with Crippen LogP contribution in [-0.2, 0) is 4.74 Å². The molecule has 2 aromatic rings. The van der Waals surface area contributed by atoms with E-state index in [1.165, 1.54) is 43.5 Å². The van der Waals surface area contributed by atoms with Crippen molar-refractivity contribution in [3.05, 3.63) is 59.7 Å². The summed E-state index contributed by atoms with van der Waals surface area (Å²) in [6.07, 6.45) is -4.77. The van der Waals surface area contributed by atoms with Gasteiger partial charge < -0.3 is 14.8 Å². The predicted octanol–water partition coefficient (Wildman–Crippen LogP) is 3.62. The van der Waals surface area contributed by atoms with Gasteiger partial charge in [0, 0.05) is 11.3 Å². The molecule has 0 bridgehead atoms. The quantitative estimate of drug-likeness (QED) is 0.864. The first kappa shape index (κ1) is 17.3. The normalized spacial score (nSPS) is 10.8. The highest BCUT2D eigenvalue weighted by molar-refractivity contribution is 6.04. The van der Waals surface area contributed by atoms with Gasteiger partial charge in [-0.25, -0.2) is 4.79 Å². The maximum absolute atomic E-state index is 12.1. The summed E-state index contributed by atoms with van der Waals surface area (Å²) in [7, 11) is 1.25. The molecule has 24 heavy (non-hydrogen) atoms. The molecule has 0 fully saturated rings. The van der Waals surface area contributed by atoms with E-state index in [0.717, 1.165) is 12.1 Å². The Labute approximate surface area is 135 Å². The number of benzene rings is 2. The molecular weight excluding hydrogens is 327 g/mol. The van der Waals surface area contributed by atoms with Crippen molar-refractivity contribution in [1.82, 2.24) is 0 Å². The van der Waals surface area contributed by atoms with Crippen LogP contribution in [0.4, 0.5) is 18.9 Å². The van der Waals surface area contributed by atoms with Gasteiger partial charge in [0.25, 0.3) is 5.91 Å². The fraction of sp³-hybridized carbons (Fsp3) is 0.125. The predicted molar refractivity (Wildman–Crippen MR) is 78.9 cm³/mol. The van der Waals surface area contributed by atoms with Crippen LogP contribution in [0.1, 0.15) is 20.7 Å². The first-order valence-electron chi connectivity index (χ1n) is 6.64. The van der Waals surface area contributed by atoms with Gasteiger partial charge in [-0.1, -0.05) is 0 Å². The van der Waals surface area contributed by atoms with E-state index in [1.807, 2.05) is 0 Å². The average molecular weight is 339 g/mol. The van der Waals surface area contributed by atoms with Crippen LogP contribution in [0.15, 0.2) is 48.5 Å². The molecule has 0 aliphatic rings. The maximum Gasteiger partial charge on any atom is 0.573 e. The third-order valence-electron chi connectivity index (χ3n) is 2.91. The first-order chi connectivity index (χ1) is 11.3. The second-order valence-electron chi connectivity index (χ2n) is 4.60. The van der Waals surface area contributed by atoms with E-state index in [9.17, 15) is 22.8 Å². The molecule has 0 spiro atoms. The van der Waals surface area contributed by atoms with Crippen molar-refractivity contribution in [3.63, 3.8) is 0 Å². The van der Waals surface area contributed by atoms with Crippen LogP contribution in [0.25, 0.3) is 0 Å². The molecule has 0 saturated carbocycles. The van der Waals surface area contributed by atoms with Crippen LogP contribution in [0.2, 0.25) is 0 Å². The number of amides is 1. The molecule has 2 rings (SSSR count). The Balaban J connectivity index is 2.02. The number of alkyl halides is 3. The van der Waals surface area contributed by atoms with Crippen molar-refractivity contribution < 1.29 is 32.2 Å². The lowest BCUT2D eigenvalue weighted by Crippen LogP contribution is -2.17. The van der Waals surface area contributed by atoms with Gasteiger partial charge in [0.05, 0.1) is 12.7 Å². The summed E-state index contributed by atoms with van der Waals surface area (Å²) in [5, 5.41) is 2.52. The van der Waals surface area contributed by atoms with Gasteiger partial charge in [0.2, 0.25) is 0 Å². The maximum atomic E-state index is 12.1. The van der Waals surface area contributed by atoms with E-state index in [1.54, 1.807) is 0 Å². The summed E-state index contributed by atoms with van der Waals surface area (Å²) in [6, 6.07) is 10.5. The summed E-state index contributed by atoms with van der Waals surface area (Å²) in [6.45, 7) is 0. The zero-order chi connectivity index (χ0) is 17.7. The smallest absolute Gasteiger partial charge is 0.465 e. The molecule has 0 aliphatic heterocycles. The summed E-state index contributed by atoms with van der Waals surface area (Å²) in [5.74, 6) is -1.39. The third-order valence-corrected chi connectivity index (χ3v) is 2.91. The summed E-state index contributed by atoms with van der Waals surface area (Å²) < 4.78 is 44.5. The minimum Gasteiger partial charge on any atom is -0.465 e. The number of esters is 1. The van der Waals surface area contributed by atoms with Crippen molar-refractivity contribution in [1.29, 1.82) is 0 Å². The largest absolute Gasteiger partial charge is 0.573 e. The molecule has 8 heteroatoms. The number of methoxy groups -OCH3 is 1. The second kappa shape index (κ2) is 7.03. The minimum atomic E-state index is -4.77. The Bertz CT molecular complexity index is 724. The lowest BCUT2D eigenvalue weighted by molar-refractivity contribution is -0.274. The molecule has 0 aromatic heterocycles. The van der Waals surface area contributed by atoms with Gasteiger partial charge >= 0.3 is 12.3 Å². The minimum absolute atomic E-state index is 0.276. The number of ether oxygens (including phenoxy) is 2. The molecule has 0 atom stereocenters. The van der Waals surface area contributed by atoms with Gasteiger partial charge in [0.1, 0.15) is 5.75 Å². The number of rotatable bonds is 4. The van der Waals surface area contributed by atoms with E-state index in [-0.39, 0.29) is 11.3 Å². The Morgan fingerprint density at radius 1 is 0.917 bits per heavy atom. The molecule has 2 aromatic carbocycles. The number of carbonyl (C=O) groups is 2. The van der Waals surface area contributed by atoms with Gasteiger partial charge in [-0.15, -0.1) is 13.2 Å². The van der Waals surface area contributed by atoms with Crippen LogP contribution in [0, 0.1) is 0 Å². The van der Waals surface area contributed by atoms with Crippen LogP contribution in [0.3, 0.4) is 0 Å². The number of anilines is 1. The Hall–Kier alpha value is -3.03. The number of hydrogen-bond donors (Lipinski definition) is 1. The van der Waals surface area contributed by atoms with E-state index in [4.69, 9.17) is 0 Å². The van der Waals surface area contributed by atoms with Gasteiger partial charge in [-0.05, 0) is 48.5 Å². The van der Waals surface area contributed by atoms with E-state index in [2.05, 4.69) is 14.8 Å². The van der Waals surface area contributed by atoms with Gasteiger partial charge in [0.15, 0.2) is 0 Å². The van der Waals surface area contributed by atoms with E-state index < -0.39 is 18.2 Å². The van der Waals surface area contributed by atoms with Crippen molar-refractivity contribution in [2.45, 2.75) is 6.36 Å². The van der Waals surface area contributed by atoms with Gasteiger partial charge in [-0.2, -0.15) is 0 Å². The molecule has 0 radical (unpaired) electrons. The Morgan fingerprint density at radius 3 is 1.96 bits per heavy atom. The highest BCUT2D eigenvalue weighted by Gasteiger charge is 2.30. The number of hydrogen-bond acceptors (Lipinski definition) is 4. The summed E-state index contributed by atoms with van der Waals surface area (Å²) >= 11 is 0. The third kappa shape index (κ3) is 4.73. The summed E-state index contributed by atoms with van der Waals surface area (Å²) in [5.41, 5.74) is 0.868. The van der Waals surface area contributed by atoms with Crippen LogP contribution in [-0.4, -0.2) is 25.3 Å². The SMILES string of the molecule is COC(=O)c1ccc(C(=O)Nc2ccc(OC(F)(F)F)cc2)cc1. The fourth-order valence-electron chi connectivity index (χ4n) is 1.82. The van der Waals surface area contributed by atoms with Crippen LogP contribution < -0.4 is 10.1 Å². The molecule has 1 N–H and O–H groups in total.